The lowest BCUT2D eigenvalue weighted by molar-refractivity contribution is -0.928. The lowest BCUT2D eigenvalue weighted by atomic mass is 9.53. The summed E-state index contributed by atoms with van der Waals surface area (Å²) >= 11 is 0. The smallest absolute Gasteiger partial charge is 0.275 e. The van der Waals surface area contributed by atoms with Crippen LogP contribution in [0.1, 0.15) is 77.0 Å². The van der Waals surface area contributed by atoms with E-state index in [9.17, 15) is 4.79 Å². The Morgan fingerprint density at radius 2 is 1.54 bits per heavy atom. The zero-order valence-corrected chi connectivity index (χ0v) is 15.2. The van der Waals surface area contributed by atoms with Crippen LogP contribution in [0.5, 0.6) is 0 Å². The highest BCUT2D eigenvalue weighted by Crippen LogP contribution is 2.55. The average Bonchev–Trinajstić information content (AvgIpc) is 2.53. The number of quaternary nitrogens is 1. The molecule has 0 radical (unpaired) electrons. The van der Waals surface area contributed by atoms with E-state index >= 15 is 0 Å². The predicted molar refractivity (Wildman–Crippen MR) is 94.7 cm³/mol. The van der Waals surface area contributed by atoms with E-state index in [0.29, 0.717) is 5.91 Å². The van der Waals surface area contributed by atoms with Gasteiger partial charge < -0.3 is 10.2 Å². The molecule has 5 saturated carbocycles. The highest BCUT2D eigenvalue weighted by atomic mass is 16.2. The van der Waals surface area contributed by atoms with Gasteiger partial charge in [-0.25, -0.2) is 0 Å². The maximum atomic E-state index is 12.9. The fraction of sp³-hybridized carbons (Fsp3) is 0.952. The van der Waals surface area contributed by atoms with Gasteiger partial charge in [-0.15, -0.1) is 0 Å². The Morgan fingerprint density at radius 3 is 2.25 bits per heavy atom. The number of piperidine rings is 1. The standard InChI is InChI=1S/C21H34N2O/c24-20(14-23-7-3-5-18-4-1-2-6-19(18)23)22-21-11-15-8-16(12-21)10-17(9-15)13-21/h15-19H,1-14H2,(H,22,24)/p+1/t15?,16?,17?,18-,19-,21?/m0/s1. The first-order valence-corrected chi connectivity index (χ1v) is 10.8. The summed E-state index contributed by atoms with van der Waals surface area (Å²) in [5.74, 6) is 4.04. The van der Waals surface area contributed by atoms with Gasteiger partial charge in [0.25, 0.3) is 5.91 Å². The topological polar surface area (TPSA) is 33.5 Å². The van der Waals surface area contributed by atoms with Crippen molar-refractivity contribution < 1.29 is 9.69 Å². The van der Waals surface area contributed by atoms with Crippen molar-refractivity contribution in [2.75, 3.05) is 13.1 Å². The molecule has 5 aliphatic carbocycles. The zero-order valence-electron chi connectivity index (χ0n) is 15.2. The van der Waals surface area contributed by atoms with Crippen molar-refractivity contribution in [1.82, 2.24) is 5.32 Å². The van der Waals surface area contributed by atoms with Crippen molar-refractivity contribution in [2.45, 2.75) is 88.6 Å². The molecule has 3 heteroatoms. The van der Waals surface area contributed by atoms with Crippen LogP contribution in [0, 0.1) is 23.7 Å². The molecule has 0 aromatic rings. The van der Waals surface area contributed by atoms with E-state index in [2.05, 4.69) is 5.32 Å². The molecule has 0 aromatic heterocycles. The van der Waals surface area contributed by atoms with Crippen molar-refractivity contribution in [3.8, 4) is 0 Å². The number of nitrogens with one attached hydrogen (secondary N) is 2. The number of hydrogen-bond donors (Lipinski definition) is 2. The van der Waals surface area contributed by atoms with Crippen LogP contribution in [-0.4, -0.2) is 30.6 Å². The number of carbonyl (C=O) groups is 1. The van der Waals surface area contributed by atoms with E-state index in [0.717, 1.165) is 36.3 Å². The van der Waals surface area contributed by atoms with Crippen molar-refractivity contribution in [1.29, 1.82) is 0 Å². The molecule has 0 spiro atoms. The Balaban J connectivity index is 1.23. The molecule has 1 unspecified atom stereocenters. The van der Waals surface area contributed by atoms with Gasteiger partial charge in [-0.2, -0.15) is 0 Å². The van der Waals surface area contributed by atoms with E-state index in [1.807, 2.05) is 0 Å². The third-order valence-corrected chi connectivity index (χ3v) is 8.34. The lowest BCUT2D eigenvalue weighted by Crippen LogP contribution is -3.18. The predicted octanol–water partition coefficient (Wildman–Crippen LogP) is 2.31. The minimum atomic E-state index is 0.201. The molecular weight excluding hydrogens is 296 g/mol. The SMILES string of the molecule is O=C(C[NH+]1CCC[C@@H]2CCCC[C@@H]21)NC12CC3CC(CC(C3)C1)C2. The summed E-state index contributed by atoms with van der Waals surface area (Å²) in [6.07, 6.45) is 16.6. The number of carbonyl (C=O) groups excluding carboxylic acids is 1. The summed E-state index contributed by atoms with van der Waals surface area (Å²) in [5, 5.41) is 3.61. The van der Waals surface area contributed by atoms with E-state index in [-0.39, 0.29) is 5.54 Å². The highest BCUT2D eigenvalue weighted by molar-refractivity contribution is 5.77. The first-order chi connectivity index (χ1) is 11.7. The van der Waals surface area contributed by atoms with Gasteiger partial charge in [0.15, 0.2) is 6.54 Å². The largest absolute Gasteiger partial charge is 0.346 e. The monoisotopic (exact) mass is 331 g/mol. The van der Waals surface area contributed by atoms with Crippen LogP contribution in [0.3, 0.4) is 0 Å². The normalized spacial score (nSPS) is 49.7. The number of likely N-dealkylation sites (tertiary alicyclic amines) is 1. The zero-order chi connectivity index (χ0) is 16.1. The van der Waals surface area contributed by atoms with Gasteiger partial charge in [0, 0.05) is 11.5 Å². The van der Waals surface area contributed by atoms with E-state index in [4.69, 9.17) is 0 Å². The Bertz CT molecular complexity index is 465. The average molecular weight is 332 g/mol. The fourth-order valence-electron chi connectivity index (χ4n) is 7.90. The van der Waals surface area contributed by atoms with Crippen LogP contribution in [0.25, 0.3) is 0 Å². The molecule has 1 saturated heterocycles. The second-order valence-corrected chi connectivity index (χ2v) is 10.1. The van der Waals surface area contributed by atoms with Crippen LogP contribution in [0.2, 0.25) is 0 Å². The van der Waals surface area contributed by atoms with Gasteiger partial charge in [-0.3, -0.25) is 4.79 Å². The summed E-state index contributed by atoms with van der Waals surface area (Å²) < 4.78 is 0. The minimum absolute atomic E-state index is 0.201. The molecule has 1 amide bonds. The van der Waals surface area contributed by atoms with Crippen molar-refractivity contribution in [3.05, 3.63) is 0 Å². The number of hydrogen-bond acceptors (Lipinski definition) is 1. The van der Waals surface area contributed by atoms with Gasteiger partial charge in [-0.1, -0.05) is 6.42 Å². The third kappa shape index (κ3) is 2.81. The second-order valence-electron chi connectivity index (χ2n) is 10.1. The Hall–Kier alpha value is -0.570. The van der Waals surface area contributed by atoms with Crippen LogP contribution >= 0.6 is 0 Å². The highest BCUT2D eigenvalue weighted by Gasteiger charge is 2.51. The summed E-state index contributed by atoms with van der Waals surface area (Å²) in [6.45, 7) is 1.98. The molecule has 6 aliphatic rings. The molecule has 1 heterocycles. The van der Waals surface area contributed by atoms with Gasteiger partial charge in [0.1, 0.15) is 0 Å². The van der Waals surface area contributed by atoms with Gasteiger partial charge >= 0.3 is 0 Å². The van der Waals surface area contributed by atoms with Gasteiger partial charge in [-0.05, 0) is 88.4 Å². The second kappa shape index (κ2) is 6.00. The molecule has 4 bridgehead atoms. The Morgan fingerprint density at radius 1 is 0.917 bits per heavy atom. The Kier molecular flexibility index (Phi) is 3.92. The van der Waals surface area contributed by atoms with Gasteiger partial charge in [0.2, 0.25) is 0 Å². The third-order valence-electron chi connectivity index (χ3n) is 8.34. The molecule has 134 valence electrons. The molecule has 3 nitrogen and oxygen atoms in total. The van der Waals surface area contributed by atoms with Crippen molar-refractivity contribution in [3.63, 3.8) is 0 Å². The van der Waals surface area contributed by atoms with E-state index in [1.54, 1.807) is 4.90 Å². The molecule has 3 atom stereocenters. The van der Waals surface area contributed by atoms with Crippen LogP contribution in [0.4, 0.5) is 0 Å². The minimum Gasteiger partial charge on any atom is -0.346 e. The molecule has 6 fully saturated rings. The van der Waals surface area contributed by atoms with E-state index in [1.165, 1.54) is 83.6 Å². The first kappa shape index (κ1) is 15.7. The molecule has 24 heavy (non-hydrogen) atoms. The summed E-state index contributed by atoms with van der Waals surface area (Å²) in [6, 6.07) is 0.787. The molecular formula is C21H35N2O+. The lowest BCUT2D eigenvalue weighted by Gasteiger charge is -2.57. The van der Waals surface area contributed by atoms with E-state index < -0.39 is 0 Å². The van der Waals surface area contributed by atoms with Crippen LogP contribution in [0.15, 0.2) is 0 Å². The molecule has 2 N–H and O–H groups in total. The quantitative estimate of drug-likeness (QED) is 0.817. The molecule has 6 rings (SSSR count). The summed E-state index contributed by atoms with van der Waals surface area (Å²) in [7, 11) is 0. The first-order valence-electron chi connectivity index (χ1n) is 10.8. The maximum absolute atomic E-state index is 12.9. The summed E-state index contributed by atoms with van der Waals surface area (Å²) in [5.41, 5.74) is 0.201. The van der Waals surface area contributed by atoms with Crippen molar-refractivity contribution in [2.24, 2.45) is 23.7 Å². The fourth-order valence-corrected chi connectivity index (χ4v) is 7.90. The van der Waals surface area contributed by atoms with Crippen molar-refractivity contribution >= 4 is 5.91 Å². The number of fused-ring (bicyclic) bond motifs is 1. The number of amides is 1. The van der Waals surface area contributed by atoms with Gasteiger partial charge in [0.05, 0.1) is 12.6 Å². The van der Waals surface area contributed by atoms with Crippen LogP contribution < -0.4 is 10.2 Å². The maximum Gasteiger partial charge on any atom is 0.275 e. The molecule has 0 aromatic carbocycles. The Labute approximate surface area is 146 Å². The van der Waals surface area contributed by atoms with Crippen LogP contribution in [-0.2, 0) is 4.79 Å². The summed E-state index contributed by atoms with van der Waals surface area (Å²) in [4.78, 5) is 14.6. The molecule has 1 aliphatic heterocycles. The number of rotatable bonds is 3.